The van der Waals surface area contributed by atoms with E-state index in [-0.39, 0.29) is 42.0 Å². The lowest BCUT2D eigenvalue weighted by molar-refractivity contribution is -0.141. The zero-order valence-electron chi connectivity index (χ0n) is 10.3. The van der Waals surface area contributed by atoms with Gasteiger partial charge in [0.2, 0.25) is 0 Å². The molecule has 0 spiro atoms. The van der Waals surface area contributed by atoms with Crippen LogP contribution in [0, 0.1) is 17.2 Å². The van der Waals surface area contributed by atoms with E-state index in [9.17, 15) is 18.4 Å². The van der Waals surface area contributed by atoms with Crippen molar-refractivity contribution in [2.24, 2.45) is 11.8 Å². The van der Waals surface area contributed by atoms with Gasteiger partial charge in [0.05, 0.1) is 12.3 Å². The van der Waals surface area contributed by atoms with Crippen molar-refractivity contribution in [3.8, 4) is 0 Å². The van der Waals surface area contributed by atoms with E-state index in [0.29, 0.717) is 6.42 Å². The van der Waals surface area contributed by atoms with Crippen molar-refractivity contribution >= 4 is 17.5 Å². The van der Waals surface area contributed by atoms with Gasteiger partial charge in [-0.3, -0.25) is 15.0 Å². The summed E-state index contributed by atoms with van der Waals surface area (Å²) in [6, 6.07) is 0. The van der Waals surface area contributed by atoms with Crippen LogP contribution < -0.4 is 5.32 Å². The van der Waals surface area contributed by atoms with Crippen LogP contribution in [0.25, 0.3) is 0 Å². The third-order valence-corrected chi connectivity index (χ3v) is 3.24. The van der Waals surface area contributed by atoms with Gasteiger partial charge in [-0.1, -0.05) is 0 Å². The molecule has 2 rings (SSSR count). The number of rotatable bonds is 6. The van der Waals surface area contributed by atoms with Crippen LogP contribution in [0.5, 0.6) is 0 Å². The molecule has 2 unspecified atom stereocenters. The van der Waals surface area contributed by atoms with Gasteiger partial charge < -0.3 is 10.1 Å². The van der Waals surface area contributed by atoms with Crippen molar-refractivity contribution in [1.82, 2.24) is 5.32 Å². The van der Waals surface area contributed by atoms with Crippen LogP contribution in [0.1, 0.15) is 13.3 Å². The molecule has 1 saturated carbocycles. The molecule has 2 N–H and O–H groups in total. The topological polar surface area (TPSA) is 79.2 Å². The van der Waals surface area contributed by atoms with Crippen LogP contribution in [0.3, 0.4) is 0 Å². The largest absolute Gasteiger partial charge is 0.465 e. The molecular weight excluding hydrogens is 258 g/mol. The van der Waals surface area contributed by atoms with Crippen molar-refractivity contribution in [2.75, 3.05) is 13.2 Å². The fourth-order valence-corrected chi connectivity index (χ4v) is 2.31. The molecular formula is C12H14F2N2O3. The van der Waals surface area contributed by atoms with Crippen molar-refractivity contribution in [2.45, 2.75) is 19.8 Å². The van der Waals surface area contributed by atoms with E-state index in [1.807, 2.05) is 0 Å². The number of carbonyl (C=O) groups excluding carboxylic acids is 2. The molecule has 0 radical (unpaired) electrons. The molecule has 7 heteroatoms. The summed E-state index contributed by atoms with van der Waals surface area (Å²) in [7, 11) is 0. The number of Topliss-reactive ketones (excluding diaryl/α,β-unsaturated/α-hetero) is 1. The van der Waals surface area contributed by atoms with Crippen LogP contribution in [0.4, 0.5) is 8.78 Å². The fourth-order valence-electron chi connectivity index (χ4n) is 2.31. The Hall–Kier alpha value is -1.79. The van der Waals surface area contributed by atoms with Crippen molar-refractivity contribution in [1.29, 1.82) is 5.41 Å². The normalized spacial score (nSPS) is 24.5. The molecule has 0 aromatic rings. The number of esters is 1. The first kappa shape index (κ1) is 13.6. The lowest BCUT2D eigenvalue weighted by atomic mass is 10.1. The molecule has 2 aliphatic rings. The van der Waals surface area contributed by atoms with Crippen LogP contribution in [0.15, 0.2) is 11.3 Å². The second-order valence-corrected chi connectivity index (χ2v) is 4.47. The van der Waals surface area contributed by atoms with E-state index in [2.05, 4.69) is 10.1 Å². The smallest absolute Gasteiger partial charge is 0.325 e. The number of hydrogen-bond acceptors (Lipinski definition) is 5. The van der Waals surface area contributed by atoms with Crippen LogP contribution in [-0.4, -0.2) is 37.0 Å². The monoisotopic (exact) mass is 272 g/mol. The number of nitrogens with one attached hydrogen (secondary N) is 2. The van der Waals surface area contributed by atoms with E-state index in [4.69, 9.17) is 5.41 Å². The number of fused-ring (bicyclic) bond motifs is 1. The molecule has 0 amide bonds. The highest BCUT2D eigenvalue weighted by molar-refractivity contribution is 6.15. The predicted molar refractivity (Wildman–Crippen MR) is 62.0 cm³/mol. The highest BCUT2D eigenvalue weighted by Crippen LogP contribution is 2.52. The summed E-state index contributed by atoms with van der Waals surface area (Å²) in [6.45, 7) is 1.60. The molecule has 2 atom stereocenters. The summed E-state index contributed by atoms with van der Waals surface area (Å²) in [4.78, 5) is 23.0. The van der Waals surface area contributed by atoms with Gasteiger partial charge in [0, 0.05) is 11.5 Å². The zero-order chi connectivity index (χ0) is 14.2. The Bertz CT molecular complexity index is 474. The highest BCUT2D eigenvalue weighted by atomic mass is 19.3. The quantitative estimate of drug-likeness (QED) is 0.556. The summed E-state index contributed by atoms with van der Waals surface area (Å²) in [5, 5.41) is 9.91. The van der Waals surface area contributed by atoms with Gasteiger partial charge in [-0.05, 0) is 19.3 Å². The SMILES string of the molecule is CCOC(=O)CNC1=C(C(=N)C(F)F)C2CC2C1=O. The van der Waals surface area contributed by atoms with Gasteiger partial charge in [0.15, 0.2) is 5.78 Å². The number of hydrogen-bond donors (Lipinski definition) is 2. The molecule has 2 aliphatic carbocycles. The first-order valence-corrected chi connectivity index (χ1v) is 6.02. The van der Waals surface area contributed by atoms with Gasteiger partial charge in [0.25, 0.3) is 6.43 Å². The van der Waals surface area contributed by atoms with Gasteiger partial charge >= 0.3 is 5.97 Å². The third-order valence-electron chi connectivity index (χ3n) is 3.24. The van der Waals surface area contributed by atoms with E-state index in [1.54, 1.807) is 6.92 Å². The van der Waals surface area contributed by atoms with E-state index < -0.39 is 18.1 Å². The highest BCUT2D eigenvalue weighted by Gasteiger charge is 2.55. The fraction of sp³-hybridized carbons (Fsp3) is 0.583. The summed E-state index contributed by atoms with van der Waals surface area (Å²) >= 11 is 0. The lowest BCUT2D eigenvalue weighted by Crippen LogP contribution is -2.30. The minimum Gasteiger partial charge on any atom is -0.465 e. The van der Waals surface area contributed by atoms with Gasteiger partial charge in [-0.25, -0.2) is 8.78 Å². The predicted octanol–water partition coefficient (Wildman–Crippen LogP) is 0.897. The Labute approximate surface area is 108 Å². The Morgan fingerprint density at radius 3 is 2.79 bits per heavy atom. The second-order valence-electron chi connectivity index (χ2n) is 4.47. The third kappa shape index (κ3) is 2.50. The maximum absolute atomic E-state index is 12.6. The minimum absolute atomic E-state index is 0.0143. The van der Waals surface area contributed by atoms with Crippen LogP contribution in [-0.2, 0) is 14.3 Å². The van der Waals surface area contributed by atoms with Crippen LogP contribution in [0.2, 0.25) is 0 Å². The first-order chi connectivity index (χ1) is 8.97. The maximum Gasteiger partial charge on any atom is 0.325 e. The van der Waals surface area contributed by atoms with Gasteiger partial charge in [0.1, 0.15) is 12.3 Å². The number of halogens is 2. The molecule has 0 aliphatic heterocycles. The summed E-state index contributed by atoms with van der Waals surface area (Å²) in [5.41, 5.74) is -0.779. The average molecular weight is 272 g/mol. The summed E-state index contributed by atoms with van der Waals surface area (Å²) in [6.07, 6.45) is -2.39. The van der Waals surface area contributed by atoms with Crippen LogP contribution >= 0.6 is 0 Å². The molecule has 0 heterocycles. The number of ether oxygens (including phenoxy) is 1. The first-order valence-electron chi connectivity index (χ1n) is 6.02. The molecule has 0 saturated heterocycles. The average Bonchev–Trinajstić information content (AvgIpc) is 3.08. The minimum atomic E-state index is -2.92. The van der Waals surface area contributed by atoms with Crippen molar-refractivity contribution < 1.29 is 23.1 Å². The number of ketones is 1. The molecule has 0 aromatic carbocycles. The molecule has 5 nitrogen and oxygen atoms in total. The van der Waals surface area contributed by atoms with Crippen molar-refractivity contribution in [3.05, 3.63) is 11.3 Å². The zero-order valence-corrected chi connectivity index (χ0v) is 10.3. The summed E-state index contributed by atoms with van der Waals surface area (Å²) in [5.74, 6) is -1.42. The number of alkyl halides is 2. The summed E-state index contributed by atoms with van der Waals surface area (Å²) < 4.78 is 29.9. The molecule has 1 fully saturated rings. The Kier molecular flexibility index (Phi) is 3.64. The Balaban J connectivity index is 2.12. The van der Waals surface area contributed by atoms with E-state index in [1.165, 1.54) is 0 Å². The van der Waals surface area contributed by atoms with E-state index in [0.717, 1.165) is 0 Å². The molecule has 0 bridgehead atoms. The second kappa shape index (κ2) is 5.07. The van der Waals surface area contributed by atoms with E-state index >= 15 is 0 Å². The lowest BCUT2D eigenvalue weighted by Gasteiger charge is -2.12. The van der Waals surface area contributed by atoms with Crippen molar-refractivity contribution in [3.63, 3.8) is 0 Å². The van der Waals surface area contributed by atoms with Gasteiger partial charge in [-0.15, -0.1) is 0 Å². The Morgan fingerprint density at radius 1 is 1.53 bits per heavy atom. The standard InChI is InChI=1S/C12H14F2N2O3/c1-2-19-7(17)4-16-10-8(9(15)12(13)14)5-3-6(5)11(10)18/h5-6,12,15-16H,2-4H2,1H3. The molecule has 104 valence electrons. The Morgan fingerprint density at radius 2 is 2.21 bits per heavy atom. The molecule has 19 heavy (non-hydrogen) atoms. The number of allylic oxidation sites excluding steroid dienone is 2. The maximum atomic E-state index is 12.6. The van der Waals surface area contributed by atoms with Gasteiger partial charge in [-0.2, -0.15) is 0 Å². The number of carbonyl (C=O) groups is 2. The molecule has 0 aromatic heterocycles.